The molecule has 2 heterocycles. The van der Waals surface area contributed by atoms with Gasteiger partial charge in [0.05, 0.1) is 12.3 Å². The molecule has 0 aliphatic rings. The maximum absolute atomic E-state index is 12.7. The Kier molecular flexibility index (Phi) is 6.24. The SMILES string of the molecule is CCOc1ccccc1-n1nnc(-c2nsc(NC(=O)c3ccc(C(C)(C)C)cc3)n2)c1C. The molecule has 0 aliphatic carbocycles. The van der Waals surface area contributed by atoms with Gasteiger partial charge < -0.3 is 4.74 Å². The van der Waals surface area contributed by atoms with Gasteiger partial charge in [0.15, 0.2) is 11.5 Å². The molecule has 0 spiro atoms. The average molecular weight is 463 g/mol. The molecule has 0 fully saturated rings. The molecule has 9 heteroatoms. The molecule has 0 unspecified atom stereocenters. The molecule has 170 valence electrons. The Balaban J connectivity index is 1.53. The zero-order valence-electron chi connectivity index (χ0n) is 19.3. The highest BCUT2D eigenvalue weighted by Crippen LogP contribution is 2.28. The summed E-state index contributed by atoms with van der Waals surface area (Å²) in [6.07, 6.45) is 0. The lowest BCUT2D eigenvalue weighted by molar-refractivity contribution is 0.102. The number of benzene rings is 2. The van der Waals surface area contributed by atoms with Crippen molar-refractivity contribution in [3.63, 3.8) is 0 Å². The molecule has 0 aliphatic heterocycles. The number of nitrogens with zero attached hydrogens (tertiary/aromatic N) is 5. The van der Waals surface area contributed by atoms with Crippen LogP contribution < -0.4 is 10.1 Å². The van der Waals surface area contributed by atoms with Crippen LogP contribution in [0.2, 0.25) is 0 Å². The van der Waals surface area contributed by atoms with Gasteiger partial charge in [0.25, 0.3) is 5.91 Å². The number of ether oxygens (including phenoxy) is 1. The lowest BCUT2D eigenvalue weighted by atomic mass is 9.87. The van der Waals surface area contributed by atoms with Crippen molar-refractivity contribution in [2.24, 2.45) is 0 Å². The Hall–Kier alpha value is -3.59. The summed E-state index contributed by atoms with van der Waals surface area (Å²) in [5.41, 5.74) is 3.87. The largest absolute Gasteiger partial charge is 0.492 e. The summed E-state index contributed by atoms with van der Waals surface area (Å²) < 4.78 is 11.8. The first kappa shape index (κ1) is 22.6. The van der Waals surface area contributed by atoms with Crippen molar-refractivity contribution >= 4 is 22.6 Å². The monoisotopic (exact) mass is 462 g/mol. The van der Waals surface area contributed by atoms with E-state index in [0.717, 1.165) is 28.7 Å². The Morgan fingerprint density at radius 3 is 2.55 bits per heavy atom. The molecule has 0 bridgehead atoms. The van der Waals surface area contributed by atoms with Gasteiger partial charge in [-0.25, -0.2) is 4.68 Å². The first-order chi connectivity index (χ1) is 15.8. The Labute approximate surface area is 196 Å². The van der Waals surface area contributed by atoms with Crippen LogP contribution in [-0.4, -0.2) is 36.9 Å². The average Bonchev–Trinajstić information content (AvgIpc) is 3.40. The van der Waals surface area contributed by atoms with E-state index in [1.54, 1.807) is 4.68 Å². The van der Waals surface area contributed by atoms with Crippen molar-refractivity contribution < 1.29 is 9.53 Å². The van der Waals surface area contributed by atoms with Crippen molar-refractivity contribution in [1.82, 2.24) is 24.4 Å². The molecule has 4 rings (SSSR count). The molecular weight excluding hydrogens is 436 g/mol. The fourth-order valence-electron chi connectivity index (χ4n) is 3.34. The second-order valence-corrected chi connectivity index (χ2v) is 9.29. The van der Waals surface area contributed by atoms with Crippen molar-refractivity contribution in [2.45, 2.75) is 40.0 Å². The van der Waals surface area contributed by atoms with Gasteiger partial charge in [-0.2, -0.15) is 9.36 Å². The number of hydrogen-bond acceptors (Lipinski definition) is 7. The van der Waals surface area contributed by atoms with E-state index in [0.29, 0.717) is 28.8 Å². The second kappa shape index (κ2) is 9.11. The lowest BCUT2D eigenvalue weighted by Gasteiger charge is -2.18. The quantitative estimate of drug-likeness (QED) is 0.431. The normalized spacial score (nSPS) is 11.4. The van der Waals surface area contributed by atoms with Crippen molar-refractivity contribution in [1.29, 1.82) is 0 Å². The van der Waals surface area contributed by atoms with E-state index in [1.807, 2.05) is 62.4 Å². The zero-order chi connectivity index (χ0) is 23.6. The van der Waals surface area contributed by atoms with Gasteiger partial charge in [0.1, 0.15) is 11.4 Å². The topological polar surface area (TPSA) is 94.8 Å². The van der Waals surface area contributed by atoms with Crippen LogP contribution in [0.4, 0.5) is 5.13 Å². The van der Waals surface area contributed by atoms with E-state index in [9.17, 15) is 4.79 Å². The van der Waals surface area contributed by atoms with Gasteiger partial charge >= 0.3 is 0 Å². The molecule has 0 atom stereocenters. The number of rotatable bonds is 6. The van der Waals surface area contributed by atoms with Crippen molar-refractivity contribution in [2.75, 3.05) is 11.9 Å². The van der Waals surface area contributed by atoms with E-state index in [4.69, 9.17) is 4.74 Å². The molecule has 0 saturated heterocycles. The number of amides is 1. The molecule has 0 radical (unpaired) electrons. The molecule has 1 amide bonds. The molecule has 1 N–H and O–H groups in total. The van der Waals surface area contributed by atoms with Gasteiger partial charge in [-0.15, -0.1) is 5.10 Å². The molecule has 2 aromatic heterocycles. The van der Waals surface area contributed by atoms with Crippen molar-refractivity contribution in [3.8, 4) is 23.0 Å². The summed E-state index contributed by atoms with van der Waals surface area (Å²) >= 11 is 1.11. The highest BCUT2D eigenvalue weighted by Gasteiger charge is 2.20. The Morgan fingerprint density at radius 2 is 1.85 bits per heavy atom. The third kappa shape index (κ3) is 4.78. The number of carbonyl (C=O) groups excluding carboxylic acids is 1. The number of nitrogens with one attached hydrogen (secondary N) is 1. The molecule has 33 heavy (non-hydrogen) atoms. The summed E-state index contributed by atoms with van der Waals surface area (Å²) in [6.45, 7) is 10.8. The lowest BCUT2D eigenvalue weighted by Crippen LogP contribution is -2.14. The van der Waals surface area contributed by atoms with Crippen LogP contribution in [-0.2, 0) is 5.41 Å². The standard InChI is InChI=1S/C24H26N6O2S/c1-6-32-19-10-8-7-9-18(19)30-15(2)20(27-29-30)21-25-23(33-28-21)26-22(31)16-11-13-17(14-12-16)24(3,4)5/h7-14H,6H2,1-5H3,(H,25,26,28,31). The van der Waals surface area contributed by atoms with Crippen LogP contribution in [0.1, 0.15) is 49.3 Å². The number of anilines is 1. The number of para-hydroxylation sites is 2. The first-order valence-corrected chi connectivity index (χ1v) is 11.5. The Morgan fingerprint density at radius 1 is 1.12 bits per heavy atom. The minimum atomic E-state index is -0.232. The van der Waals surface area contributed by atoms with Crippen molar-refractivity contribution in [3.05, 3.63) is 65.4 Å². The predicted molar refractivity (Wildman–Crippen MR) is 129 cm³/mol. The molecule has 4 aromatic rings. The summed E-state index contributed by atoms with van der Waals surface area (Å²) in [5, 5.41) is 11.8. The molecular formula is C24H26N6O2S. The third-order valence-electron chi connectivity index (χ3n) is 5.16. The van der Waals surface area contributed by atoms with Crippen LogP contribution in [0.15, 0.2) is 48.5 Å². The van der Waals surface area contributed by atoms with Gasteiger partial charge in [0.2, 0.25) is 5.13 Å². The zero-order valence-corrected chi connectivity index (χ0v) is 20.1. The third-order valence-corrected chi connectivity index (χ3v) is 5.79. The fraction of sp³-hybridized carbons (Fsp3) is 0.292. The molecule has 2 aromatic carbocycles. The highest BCUT2D eigenvalue weighted by atomic mass is 32.1. The van der Waals surface area contributed by atoms with Gasteiger partial charge in [-0.3, -0.25) is 10.1 Å². The van der Waals surface area contributed by atoms with E-state index in [1.165, 1.54) is 5.56 Å². The number of hydrogen-bond donors (Lipinski definition) is 1. The Bertz CT molecular complexity index is 1270. The summed E-state index contributed by atoms with van der Waals surface area (Å²) in [5.74, 6) is 0.899. The van der Waals surface area contributed by atoms with Crippen LogP contribution in [0.3, 0.4) is 0 Å². The maximum Gasteiger partial charge on any atom is 0.257 e. The van der Waals surface area contributed by atoms with E-state index < -0.39 is 0 Å². The van der Waals surface area contributed by atoms with Crippen LogP contribution in [0, 0.1) is 6.92 Å². The van der Waals surface area contributed by atoms with Gasteiger partial charge in [-0.05, 0) is 49.1 Å². The first-order valence-electron chi connectivity index (χ1n) is 10.7. The van der Waals surface area contributed by atoms with Gasteiger partial charge in [-0.1, -0.05) is 50.3 Å². The summed E-state index contributed by atoms with van der Waals surface area (Å²) in [4.78, 5) is 17.1. The fourth-order valence-corrected chi connectivity index (χ4v) is 3.90. The van der Waals surface area contributed by atoms with E-state index >= 15 is 0 Å². The van der Waals surface area contributed by atoms with E-state index in [-0.39, 0.29) is 11.3 Å². The maximum atomic E-state index is 12.7. The summed E-state index contributed by atoms with van der Waals surface area (Å²) in [6, 6.07) is 15.2. The minimum Gasteiger partial charge on any atom is -0.492 e. The predicted octanol–water partition coefficient (Wildman–Crippen LogP) is 5.04. The smallest absolute Gasteiger partial charge is 0.257 e. The number of aromatic nitrogens is 5. The number of carbonyl (C=O) groups is 1. The highest BCUT2D eigenvalue weighted by molar-refractivity contribution is 7.10. The van der Waals surface area contributed by atoms with Crippen LogP contribution in [0.25, 0.3) is 17.2 Å². The van der Waals surface area contributed by atoms with Gasteiger partial charge in [0, 0.05) is 17.1 Å². The van der Waals surface area contributed by atoms with E-state index in [2.05, 4.69) is 45.8 Å². The van der Waals surface area contributed by atoms with Crippen LogP contribution in [0.5, 0.6) is 5.75 Å². The summed E-state index contributed by atoms with van der Waals surface area (Å²) in [7, 11) is 0. The second-order valence-electron chi connectivity index (χ2n) is 8.54. The minimum absolute atomic E-state index is 0.0294. The van der Waals surface area contributed by atoms with Crippen LogP contribution >= 0.6 is 11.5 Å². The molecule has 8 nitrogen and oxygen atoms in total. The molecule has 0 saturated carbocycles.